The van der Waals surface area contributed by atoms with E-state index in [9.17, 15) is 19.2 Å². The minimum Gasteiger partial charge on any atom is -0.481 e. The fourth-order valence-corrected chi connectivity index (χ4v) is 5.57. The maximum Gasteiger partial charge on any atom is 0.303 e. The molecule has 3 unspecified atom stereocenters. The van der Waals surface area contributed by atoms with Crippen molar-refractivity contribution in [2.75, 3.05) is 0 Å². The largest absolute Gasteiger partial charge is 0.481 e. The van der Waals surface area contributed by atoms with E-state index in [0.29, 0.717) is 19.3 Å². The van der Waals surface area contributed by atoms with Crippen LogP contribution >= 0.6 is 0 Å². The maximum atomic E-state index is 12.9. The summed E-state index contributed by atoms with van der Waals surface area (Å²) >= 11 is 0. The van der Waals surface area contributed by atoms with Crippen LogP contribution in [0.3, 0.4) is 0 Å². The second-order valence-corrected chi connectivity index (χ2v) is 8.04. The molecule has 1 N–H and O–H groups in total. The summed E-state index contributed by atoms with van der Waals surface area (Å²) in [4.78, 5) is 48.7. The Labute approximate surface area is 135 Å². The summed E-state index contributed by atoms with van der Waals surface area (Å²) < 4.78 is 0. The number of fused-ring (bicyclic) bond motifs is 3. The van der Waals surface area contributed by atoms with E-state index in [-0.39, 0.29) is 48.4 Å². The van der Waals surface area contributed by atoms with Crippen LogP contribution in [0.1, 0.15) is 58.8 Å². The van der Waals surface area contributed by atoms with Crippen LogP contribution in [0.4, 0.5) is 0 Å². The van der Waals surface area contributed by atoms with Gasteiger partial charge >= 0.3 is 5.97 Å². The fraction of sp³-hybridized carbons (Fsp3) is 0.778. The van der Waals surface area contributed by atoms with Crippen LogP contribution in [-0.2, 0) is 19.2 Å². The standard InChI is InChI=1S/C18H24O5/c1-17(8-7-15(22)23)13(20)5-3-10-11-4-6-14(21)18(11,2)9-12(19)16(10)17/h10-11,16H,3-9H2,1-2H3,(H,22,23)/t10?,11-,16+,17?,18?/m0/s1. The van der Waals surface area contributed by atoms with Gasteiger partial charge in [-0.2, -0.15) is 0 Å². The van der Waals surface area contributed by atoms with Gasteiger partial charge in [0.2, 0.25) is 0 Å². The number of hydrogen-bond acceptors (Lipinski definition) is 4. The summed E-state index contributed by atoms with van der Waals surface area (Å²) in [5.41, 5.74) is -1.45. The Balaban J connectivity index is 1.96. The lowest BCUT2D eigenvalue weighted by Gasteiger charge is -2.52. The van der Waals surface area contributed by atoms with Crippen molar-refractivity contribution >= 4 is 23.3 Å². The number of carboxylic acid groups (broad SMARTS) is 1. The molecule has 5 nitrogen and oxygen atoms in total. The number of Topliss-reactive ketones (excluding diaryl/α,β-unsaturated/α-hetero) is 3. The molecule has 0 spiro atoms. The van der Waals surface area contributed by atoms with Crippen LogP contribution in [0.15, 0.2) is 0 Å². The molecule has 0 aliphatic heterocycles. The van der Waals surface area contributed by atoms with Gasteiger partial charge in [0.15, 0.2) is 0 Å². The number of rotatable bonds is 3. The summed E-state index contributed by atoms with van der Waals surface area (Å²) in [7, 11) is 0. The van der Waals surface area contributed by atoms with Crippen molar-refractivity contribution < 1.29 is 24.3 Å². The lowest BCUT2D eigenvalue weighted by molar-refractivity contribution is -0.160. The summed E-state index contributed by atoms with van der Waals surface area (Å²) in [5, 5.41) is 8.99. The molecular formula is C18H24O5. The molecule has 0 aromatic heterocycles. The van der Waals surface area contributed by atoms with Gasteiger partial charge in [0.25, 0.3) is 0 Å². The van der Waals surface area contributed by atoms with Crippen molar-refractivity contribution in [3.05, 3.63) is 0 Å². The zero-order valence-corrected chi connectivity index (χ0v) is 13.8. The van der Waals surface area contributed by atoms with Gasteiger partial charge in [0.1, 0.15) is 17.3 Å². The van der Waals surface area contributed by atoms with E-state index in [2.05, 4.69) is 0 Å². The third-order valence-corrected chi connectivity index (χ3v) is 6.86. The summed E-state index contributed by atoms with van der Waals surface area (Å²) in [6.45, 7) is 3.68. The first-order chi connectivity index (χ1) is 10.7. The van der Waals surface area contributed by atoms with E-state index in [1.54, 1.807) is 6.92 Å². The second-order valence-electron chi connectivity index (χ2n) is 8.04. The van der Waals surface area contributed by atoms with Crippen LogP contribution in [0, 0.1) is 28.6 Å². The third-order valence-electron chi connectivity index (χ3n) is 6.86. The van der Waals surface area contributed by atoms with Crippen LogP contribution in [0.5, 0.6) is 0 Å². The Kier molecular flexibility index (Phi) is 3.73. The van der Waals surface area contributed by atoms with Gasteiger partial charge in [-0.25, -0.2) is 0 Å². The van der Waals surface area contributed by atoms with Crippen molar-refractivity contribution in [2.24, 2.45) is 28.6 Å². The predicted molar refractivity (Wildman–Crippen MR) is 81.7 cm³/mol. The molecule has 0 heterocycles. The normalized spacial score (nSPS) is 43.2. The molecule has 3 rings (SSSR count). The second kappa shape index (κ2) is 5.25. The number of carboxylic acids is 1. The monoisotopic (exact) mass is 320 g/mol. The third kappa shape index (κ3) is 2.27. The fourth-order valence-electron chi connectivity index (χ4n) is 5.57. The molecule has 3 fully saturated rings. The maximum absolute atomic E-state index is 12.9. The lowest BCUT2D eigenvalue weighted by Crippen LogP contribution is -2.56. The topological polar surface area (TPSA) is 88.5 Å². The first-order valence-corrected chi connectivity index (χ1v) is 8.51. The average molecular weight is 320 g/mol. The van der Waals surface area contributed by atoms with E-state index in [4.69, 9.17) is 5.11 Å². The molecule has 0 aromatic rings. The Morgan fingerprint density at radius 1 is 1.13 bits per heavy atom. The highest BCUT2D eigenvalue weighted by Crippen LogP contribution is 2.60. The van der Waals surface area contributed by atoms with E-state index in [1.807, 2.05) is 6.92 Å². The van der Waals surface area contributed by atoms with E-state index >= 15 is 0 Å². The molecule has 0 saturated heterocycles. The van der Waals surface area contributed by atoms with Crippen LogP contribution in [-0.4, -0.2) is 28.4 Å². The Morgan fingerprint density at radius 2 is 1.78 bits per heavy atom. The molecule has 5 atom stereocenters. The van der Waals surface area contributed by atoms with Gasteiger partial charge in [0.05, 0.1) is 0 Å². The van der Waals surface area contributed by atoms with Gasteiger partial charge in [0, 0.05) is 42.4 Å². The Bertz CT molecular complexity index is 594. The zero-order chi connectivity index (χ0) is 17.0. The van der Waals surface area contributed by atoms with E-state index in [1.165, 1.54) is 0 Å². The number of hydrogen-bond donors (Lipinski definition) is 1. The first kappa shape index (κ1) is 16.3. The van der Waals surface area contributed by atoms with Gasteiger partial charge in [-0.3, -0.25) is 19.2 Å². The van der Waals surface area contributed by atoms with Crippen molar-refractivity contribution in [1.82, 2.24) is 0 Å². The molecule has 0 bridgehead atoms. The molecule has 0 aromatic carbocycles. The minimum atomic E-state index is -0.940. The molecule has 126 valence electrons. The first-order valence-electron chi connectivity index (χ1n) is 8.51. The molecule has 0 amide bonds. The van der Waals surface area contributed by atoms with E-state index in [0.717, 1.165) is 6.42 Å². The van der Waals surface area contributed by atoms with Crippen molar-refractivity contribution in [3.63, 3.8) is 0 Å². The quantitative estimate of drug-likeness (QED) is 0.862. The van der Waals surface area contributed by atoms with Gasteiger partial charge in [-0.05, 0) is 31.1 Å². The van der Waals surface area contributed by atoms with Crippen molar-refractivity contribution in [1.29, 1.82) is 0 Å². The molecule has 3 saturated carbocycles. The molecule has 3 aliphatic carbocycles. The van der Waals surface area contributed by atoms with Gasteiger partial charge in [-0.15, -0.1) is 0 Å². The SMILES string of the molecule is CC12CC(=O)[C@H]3C(CCC(=O)C3(C)CCC(=O)O)[C@@H]1CCC2=O. The zero-order valence-electron chi connectivity index (χ0n) is 13.8. The Morgan fingerprint density at radius 3 is 2.43 bits per heavy atom. The molecule has 5 heteroatoms. The van der Waals surface area contributed by atoms with Gasteiger partial charge < -0.3 is 5.11 Å². The summed E-state index contributed by atoms with van der Waals surface area (Å²) in [6, 6.07) is 0. The van der Waals surface area contributed by atoms with E-state index < -0.39 is 22.7 Å². The van der Waals surface area contributed by atoms with Gasteiger partial charge in [-0.1, -0.05) is 13.8 Å². The van der Waals surface area contributed by atoms with Crippen LogP contribution < -0.4 is 0 Å². The number of aliphatic carboxylic acids is 1. The predicted octanol–water partition coefficient (Wildman–Crippen LogP) is 2.41. The van der Waals surface area contributed by atoms with Crippen LogP contribution in [0.2, 0.25) is 0 Å². The lowest BCUT2D eigenvalue weighted by atomic mass is 9.48. The number of carbonyl (C=O) groups excluding carboxylic acids is 3. The molecule has 0 radical (unpaired) electrons. The highest BCUT2D eigenvalue weighted by atomic mass is 16.4. The van der Waals surface area contributed by atoms with Crippen LogP contribution in [0.25, 0.3) is 0 Å². The minimum absolute atomic E-state index is 0.00932. The summed E-state index contributed by atoms with van der Waals surface area (Å²) in [6.07, 6.45) is 2.71. The molecular weight excluding hydrogens is 296 g/mol. The molecule has 3 aliphatic rings. The summed E-state index contributed by atoms with van der Waals surface area (Å²) in [5.74, 6) is -0.957. The number of ketones is 3. The highest BCUT2D eigenvalue weighted by Gasteiger charge is 2.62. The highest BCUT2D eigenvalue weighted by molar-refractivity contribution is 5.99. The van der Waals surface area contributed by atoms with Crippen molar-refractivity contribution in [3.8, 4) is 0 Å². The Hall–Kier alpha value is -1.52. The molecule has 23 heavy (non-hydrogen) atoms. The smallest absolute Gasteiger partial charge is 0.303 e. The number of carbonyl (C=O) groups is 4. The average Bonchev–Trinajstić information content (AvgIpc) is 2.76. The van der Waals surface area contributed by atoms with Crippen molar-refractivity contribution in [2.45, 2.75) is 58.8 Å².